The third kappa shape index (κ3) is 7.81. The van der Waals surface area contributed by atoms with Crippen LogP contribution in [0.2, 0.25) is 0 Å². The Morgan fingerprint density at radius 2 is 1.21 bits per heavy atom. The third-order valence-corrected chi connectivity index (χ3v) is 3.42. The Morgan fingerprint density at radius 1 is 0.750 bits per heavy atom. The topological polar surface area (TPSA) is 124 Å². The van der Waals surface area contributed by atoms with E-state index in [-0.39, 0.29) is 6.61 Å². The largest absolute Gasteiger partial charge is 0.463 e. The van der Waals surface area contributed by atoms with E-state index in [9.17, 15) is 19.2 Å². The number of esters is 4. The van der Waals surface area contributed by atoms with Crippen LogP contribution in [0.3, 0.4) is 0 Å². The molecule has 1 aliphatic rings. The van der Waals surface area contributed by atoms with E-state index >= 15 is 0 Å². The molecule has 160 valence electrons. The van der Waals surface area contributed by atoms with E-state index in [1.54, 1.807) is 20.8 Å². The molecule has 28 heavy (non-hydrogen) atoms. The Hall–Kier alpha value is -2.20. The molecule has 10 heteroatoms. The zero-order valence-corrected chi connectivity index (χ0v) is 17.2. The fourth-order valence-electron chi connectivity index (χ4n) is 2.63. The number of rotatable bonds is 6. The lowest BCUT2D eigenvalue weighted by Gasteiger charge is -2.45. The van der Waals surface area contributed by atoms with Gasteiger partial charge in [-0.25, -0.2) is 0 Å². The van der Waals surface area contributed by atoms with Crippen LogP contribution < -0.4 is 0 Å². The first kappa shape index (κ1) is 23.8. The lowest BCUT2D eigenvalue weighted by Crippen LogP contribution is -2.63. The summed E-state index contributed by atoms with van der Waals surface area (Å²) in [5.41, 5.74) is -0.718. The summed E-state index contributed by atoms with van der Waals surface area (Å²) in [5, 5.41) is 0. The van der Waals surface area contributed by atoms with Crippen LogP contribution in [-0.2, 0) is 47.6 Å². The number of carbonyl (C=O) groups is 4. The summed E-state index contributed by atoms with van der Waals surface area (Å²) in [6.45, 7) is 9.66. The SMILES string of the molecule is CC(=O)OC[C@H]1O[C@@H](OC(C)(C)C)[C@@H](OC(C)=O)[C@@H](OC(C)=O)[C@@H]1OC(C)=O. The Balaban J connectivity index is 3.33. The van der Waals surface area contributed by atoms with Crippen molar-refractivity contribution in [2.45, 2.75) is 84.8 Å². The summed E-state index contributed by atoms with van der Waals surface area (Å²) in [4.78, 5) is 46.1. The van der Waals surface area contributed by atoms with E-state index < -0.39 is 60.2 Å². The van der Waals surface area contributed by atoms with Crippen LogP contribution in [0.1, 0.15) is 48.5 Å². The molecule has 0 unspecified atom stereocenters. The quantitative estimate of drug-likeness (QED) is 0.465. The summed E-state index contributed by atoms with van der Waals surface area (Å²) < 4.78 is 32.5. The van der Waals surface area contributed by atoms with Crippen molar-refractivity contribution in [3.8, 4) is 0 Å². The van der Waals surface area contributed by atoms with Gasteiger partial charge in [-0.2, -0.15) is 0 Å². The zero-order chi connectivity index (χ0) is 21.6. The van der Waals surface area contributed by atoms with Gasteiger partial charge >= 0.3 is 23.9 Å². The van der Waals surface area contributed by atoms with E-state index in [0.29, 0.717) is 0 Å². The van der Waals surface area contributed by atoms with Crippen LogP contribution >= 0.6 is 0 Å². The molecule has 0 saturated carbocycles. The molecule has 1 aliphatic heterocycles. The number of hydrogen-bond acceptors (Lipinski definition) is 10. The molecule has 0 amide bonds. The lowest BCUT2D eigenvalue weighted by atomic mass is 9.97. The molecule has 1 fully saturated rings. The lowest BCUT2D eigenvalue weighted by molar-refractivity contribution is -0.325. The minimum atomic E-state index is -1.23. The molecule has 0 aliphatic carbocycles. The minimum Gasteiger partial charge on any atom is -0.463 e. The maximum absolute atomic E-state index is 11.7. The molecular weight excluding hydrogens is 376 g/mol. The highest BCUT2D eigenvalue weighted by Crippen LogP contribution is 2.31. The van der Waals surface area contributed by atoms with Gasteiger partial charge in [-0.3, -0.25) is 19.2 Å². The summed E-state index contributed by atoms with van der Waals surface area (Å²) in [6.07, 6.45) is -5.81. The second-order valence-corrected chi connectivity index (χ2v) is 7.30. The molecule has 0 aromatic rings. The monoisotopic (exact) mass is 404 g/mol. The van der Waals surface area contributed by atoms with Crippen molar-refractivity contribution in [2.24, 2.45) is 0 Å². The van der Waals surface area contributed by atoms with Gasteiger partial charge in [-0.15, -0.1) is 0 Å². The number of ether oxygens (including phenoxy) is 6. The first-order valence-electron chi connectivity index (χ1n) is 8.78. The fraction of sp³-hybridized carbons (Fsp3) is 0.778. The maximum atomic E-state index is 11.7. The van der Waals surface area contributed by atoms with Crippen LogP contribution in [0.5, 0.6) is 0 Å². The highest BCUT2D eigenvalue weighted by atomic mass is 16.7. The van der Waals surface area contributed by atoms with E-state index in [0.717, 1.165) is 13.8 Å². The summed E-state index contributed by atoms with van der Waals surface area (Å²) in [5.74, 6) is -2.63. The molecule has 0 aromatic carbocycles. The molecule has 1 heterocycles. The van der Waals surface area contributed by atoms with Crippen molar-refractivity contribution in [2.75, 3.05) is 6.61 Å². The van der Waals surface area contributed by atoms with Gasteiger partial charge in [0.2, 0.25) is 0 Å². The average Bonchev–Trinajstić information content (AvgIpc) is 2.48. The van der Waals surface area contributed by atoms with Crippen molar-refractivity contribution in [3.05, 3.63) is 0 Å². The summed E-state index contributed by atoms with van der Waals surface area (Å²) in [7, 11) is 0. The highest BCUT2D eigenvalue weighted by molar-refractivity contribution is 5.68. The number of hydrogen-bond donors (Lipinski definition) is 0. The van der Waals surface area contributed by atoms with Gasteiger partial charge in [0, 0.05) is 27.7 Å². The van der Waals surface area contributed by atoms with Crippen molar-refractivity contribution in [3.63, 3.8) is 0 Å². The first-order chi connectivity index (χ1) is 12.8. The van der Waals surface area contributed by atoms with E-state index in [1.807, 2.05) is 0 Å². The molecular formula is C18H28O10. The summed E-state index contributed by atoms with van der Waals surface area (Å²) >= 11 is 0. The van der Waals surface area contributed by atoms with E-state index in [4.69, 9.17) is 28.4 Å². The first-order valence-corrected chi connectivity index (χ1v) is 8.78. The van der Waals surface area contributed by atoms with Crippen molar-refractivity contribution < 1.29 is 47.6 Å². The Morgan fingerprint density at radius 3 is 1.64 bits per heavy atom. The summed E-state index contributed by atoms with van der Waals surface area (Å²) in [6, 6.07) is 0. The van der Waals surface area contributed by atoms with Gasteiger partial charge in [0.15, 0.2) is 24.6 Å². The van der Waals surface area contributed by atoms with Crippen LogP contribution in [0.25, 0.3) is 0 Å². The van der Waals surface area contributed by atoms with Gasteiger partial charge in [0.25, 0.3) is 0 Å². The third-order valence-electron chi connectivity index (χ3n) is 3.42. The Bertz CT molecular complexity index is 594. The van der Waals surface area contributed by atoms with Crippen molar-refractivity contribution in [1.29, 1.82) is 0 Å². The van der Waals surface area contributed by atoms with Crippen LogP contribution in [0, 0.1) is 0 Å². The van der Waals surface area contributed by atoms with E-state index in [1.165, 1.54) is 13.8 Å². The molecule has 0 radical (unpaired) electrons. The normalized spacial score (nSPS) is 27.5. The molecule has 0 N–H and O–H groups in total. The predicted molar refractivity (Wildman–Crippen MR) is 92.8 cm³/mol. The molecule has 5 atom stereocenters. The minimum absolute atomic E-state index is 0.290. The zero-order valence-electron chi connectivity index (χ0n) is 17.2. The molecule has 1 rings (SSSR count). The van der Waals surface area contributed by atoms with Crippen LogP contribution in [0.15, 0.2) is 0 Å². The van der Waals surface area contributed by atoms with Crippen LogP contribution in [-0.4, -0.2) is 66.8 Å². The van der Waals surface area contributed by atoms with Gasteiger partial charge in [-0.05, 0) is 20.8 Å². The highest BCUT2D eigenvalue weighted by Gasteiger charge is 2.53. The fourth-order valence-corrected chi connectivity index (χ4v) is 2.63. The second kappa shape index (κ2) is 9.83. The molecule has 0 spiro atoms. The van der Waals surface area contributed by atoms with Gasteiger partial charge in [0.1, 0.15) is 12.7 Å². The van der Waals surface area contributed by atoms with Gasteiger partial charge in [-0.1, -0.05) is 0 Å². The van der Waals surface area contributed by atoms with Crippen molar-refractivity contribution in [1.82, 2.24) is 0 Å². The standard InChI is InChI=1S/C18H28O10/c1-9(19)23-8-13-14(24-10(2)20)15(25-11(3)21)16(26-12(4)22)17(27-13)28-18(5,6)7/h13-17H,8H2,1-7H3/t13-,14-,15+,16+,17+/m1/s1. The predicted octanol–water partition coefficient (Wildman–Crippen LogP) is 0.885. The van der Waals surface area contributed by atoms with Gasteiger partial charge in [0.05, 0.1) is 5.60 Å². The van der Waals surface area contributed by atoms with Gasteiger partial charge < -0.3 is 28.4 Å². The maximum Gasteiger partial charge on any atom is 0.303 e. The Labute approximate surface area is 163 Å². The number of carbonyl (C=O) groups excluding carboxylic acids is 4. The molecule has 0 bridgehead atoms. The Kier molecular flexibility index (Phi) is 8.37. The molecule has 0 aromatic heterocycles. The smallest absolute Gasteiger partial charge is 0.303 e. The molecule has 10 nitrogen and oxygen atoms in total. The average molecular weight is 404 g/mol. The van der Waals surface area contributed by atoms with Crippen molar-refractivity contribution >= 4 is 23.9 Å². The second-order valence-electron chi connectivity index (χ2n) is 7.30. The van der Waals surface area contributed by atoms with Crippen LogP contribution in [0.4, 0.5) is 0 Å². The van der Waals surface area contributed by atoms with E-state index in [2.05, 4.69) is 0 Å². The molecule has 1 saturated heterocycles.